The topological polar surface area (TPSA) is 90.7 Å². The third kappa shape index (κ3) is 3.35. The second kappa shape index (κ2) is 4.89. The van der Waals surface area contributed by atoms with Gasteiger partial charge in [-0.05, 0) is 0 Å². The number of allylic oxidation sites excluding steroid dienone is 1. The van der Waals surface area contributed by atoms with Gasteiger partial charge in [-0.25, -0.2) is 0 Å². The average molecular weight is 179 g/mol. The maximum absolute atomic E-state index is 10.1. The van der Waals surface area contributed by atoms with Crippen LogP contribution in [0.1, 0.15) is 12.8 Å². The fraction of sp³-hybridized carbons (Fsp3) is 0.500. The smallest absolute Gasteiger partial charge is 0.205 e. The maximum Gasteiger partial charge on any atom is 0.205 e. The van der Waals surface area contributed by atoms with E-state index >= 15 is 0 Å². The van der Waals surface area contributed by atoms with Gasteiger partial charge in [0.1, 0.15) is 0 Å². The molecule has 5 nitrogen and oxygen atoms in total. The minimum Gasteiger partial charge on any atom is -0.265 e. The molecule has 0 aliphatic carbocycles. The molecule has 1 atom stereocenters. The lowest BCUT2D eigenvalue weighted by atomic mass is 9.83. The highest BCUT2D eigenvalue weighted by Gasteiger charge is 2.28. The summed E-state index contributed by atoms with van der Waals surface area (Å²) >= 11 is 0. The molecule has 68 valence electrons. The molecule has 0 aromatic heterocycles. The summed E-state index contributed by atoms with van der Waals surface area (Å²) in [6.07, 6.45) is 1.29. The third-order valence-electron chi connectivity index (χ3n) is 1.75. The van der Waals surface area contributed by atoms with Crippen LogP contribution in [0.3, 0.4) is 0 Å². The van der Waals surface area contributed by atoms with Crippen molar-refractivity contribution in [2.45, 2.75) is 12.8 Å². The van der Waals surface area contributed by atoms with Crippen LogP contribution in [0.15, 0.2) is 12.7 Å². The summed E-state index contributed by atoms with van der Waals surface area (Å²) in [5, 5.41) is 27.2. The van der Waals surface area contributed by atoms with Gasteiger partial charge in [-0.15, -0.1) is 6.58 Å². The molecule has 1 unspecified atom stereocenters. The Bertz CT molecular complexity index is 287. The van der Waals surface area contributed by atoms with Crippen molar-refractivity contribution in [1.29, 1.82) is 10.5 Å². The molecule has 0 saturated carbocycles. The summed E-state index contributed by atoms with van der Waals surface area (Å²) < 4.78 is 0. The Labute approximate surface area is 76.0 Å². The highest BCUT2D eigenvalue weighted by molar-refractivity contribution is 5.13. The number of rotatable bonds is 5. The maximum atomic E-state index is 10.1. The largest absolute Gasteiger partial charge is 0.265 e. The molecule has 0 aliphatic heterocycles. The fourth-order valence-electron chi connectivity index (χ4n) is 0.836. The summed E-state index contributed by atoms with van der Waals surface area (Å²) in [5.41, 5.74) is -1.07. The van der Waals surface area contributed by atoms with Crippen molar-refractivity contribution in [3.05, 3.63) is 22.8 Å². The van der Waals surface area contributed by atoms with Gasteiger partial charge < -0.3 is 0 Å². The molecule has 0 saturated heterocycles. The van der Waals surface area contributed by atoms with Gasteiger partial charge in [0, 0.05) is 11.3 Å². The van der Waals surface area contributed by atoms with E-state index in [2.05, 4.69) is 6.58 Å². The highest BCUT2D eigenvalue weighted by Crippen LogP contribution is 2.26. The first-order valence-electron chi connectivity index (χ1n) is 3.64. The zero-order valence-electron chi connectivity index (χ0n) is 7.06. The van der Waals surface area contributed by atoms with E-state index < -0.39 is 10.3 Å². The van der Waals surface area contributed by atoms with Crippen molar-refractivity contribution >= 4 is 0 Å². The molecule has 13 heavy (non-hydrogen) atoms. The Morgan fingerprint density at radius 2 is 2.23 bits per heavy atom. The van der Waals surface area contributed by atoms with Crippen LogP contribution in [-0.4, -0.2) is 11.5 Å². The normalized spacial score (nSPS) is 13.4. The number of hydrogen-bond donors (Lipinski definition) is 0. The van der Waals surface area contributed by atoms with Crippen LogP contribution in [0.5, 0.6) is 0 Å². The predicted octanol–water partition coefficient (Wildman–Crippen LogP) is 1.26. The second-order valence-electron chi connectivity index (χ2n) is 2.61. The molecule has 0 rings (SSSR count). The minimum atomic E-state index is -1.07. The molecular formula is C8H9N3O2. The molecule has 0 bridgehead atoms. The molecule has 0 fully saturated rings. The fourth-order valence-corrected chi connectivity index (χ4v) is 0.836. The van der Waals surface area contributed by atoms with Crippen LogP contribution < -0.4 is 0 Å². The molecule has 0 spiro atoms. The van der Waals surface area contributed by atoms with Crippen molar-refractivity contribution in [3.8, 4) is 12.1 Å². The zero-order chi connectivity index (χ0) is 10.3. The Hall–Kier alpha value is -1.88. The molecule has 0 N–H and O–H groups in total. The average Bonchev–Trinajstić information content (AvgIpc) is 2.12. The van der Waals surface area contributed by atoms with Crippen LogP contribution in [0.2, 0.25) is 0 Å². The third-order valence-corrected chi connectivity index (χ3v) is 1.75. The lowest BCUT2D eigenvalue weighted by molar-refractivity contribution is -0.482. The van der Waals surface area contributed by atoms with Crippen LogP contribution in [0.25, 0.3) is 0 Å². The highest BCUT2D eigenvalue weighted by atomic mass is 16.6. The quantitative estimate of drug-likeness (QED) is 0.361. The molecule has 5 heteroatoms. The standard InChI is InChI=1S/C8H9N3O2/c1-2-8(7-10,3-5-9)4-6-11(12)13/h2H,1,3-4,6H2. The first-order chi connectivity index (χ1) is 6.10. The van der Waals surface area contributed by atoms with E-state index in [0.717, 1.165) is 0 Å². The summed E-state index contributed by atoms with van der Waals surface area (Å²) in [5.74, 6) is 0. The minimum absolute atomic E-state index is 0.0353. The van der Waals surface area contributed by atoms with E-state index in [1.165, 1.54) is 6.08 Å². The molecule has 0 aliphatic rings. The number of nitrogens with zero attached hydrogens (tertiary/aromatic N) is 3. The van der Waals surface area contributed by atoms with Crippen molar-refractivity contribution in [3.63, 3.8) is 0 Å². The molecule has 0 radical (unpaired) electrons. The number of hydrogen-bond acceptors (Lipinski definition) is 4. The van der Waals surface area contributed by atoms with Crippen LogP contribution in [0.4, 0.5) is 0 Å². The van der Waals surface area contributed by atoms with E-state index in [-0.39, 0.29) is 19.4 Å². The van der Waals surface area contributed by atoms with E-state index in [9.17, 15) is 10.1 Å². The van der Waals surface area contributed by atoms with E-state index in [1.807, 2.05) is 12.1 Å². The monoisotopic (exact) mass is 179 g/mol. The van der Waals surface area contributed by atoms with Crippen molar-refractivity contribution in [2.75, 3.05) is 6.54 Å². The molecule has 0 aromatic carbocycles. The lowest BCUT2D eigenvalue weighted by Gasteiger charge is -2.15. The second-order valence-corrected chi connectivity index (χ2v) is 2.61. The molecule has 0 aromatic rings. The van der Waals surface area contributed by atoms with Crippen molar-refractivity contribution in [2.24, 2.45) is 5.41 Å². The Morgan fingerprint density at radius 3 is 2.54 bits per heavy atom. The van der Waals surface area contributed by atoms with E-state index in [4.69, 9.17) is 10.5 Å². The van der Waals surface area contributed by atoms with Gasteiger partial charge in [-0.2, -0.15) is 10.5 Å². The SMILES string of the molecule is C=CC(C#N)(CC#N)CC[N+](=O)[O-]. The van der Waals surface area contributed by atoms with Gasteiger partial charge >= 0.3 is 0 Å². The van der Waals surface area contributed by atoms with Gasteiger partial charge in [0.15, 0.2) is 0 Å². The van der Waals surface area contributed by atoms with Crippen LogP contribution in [-0.2, 0) is 0 Å². The first kappa shape index (κ1) is 11.1. The molecule has 0 heterocycles. The Kier molecular flexibility index (Phi) is 4.18. The number of nitriles is 2. The van der Waals surface area contributed by atoms with Gasteiger partial charge in [0.2, 0.25) is 6.54 Å². The van der Waals surface area contributed by atoms with E-state index in [0.29, 0.717) is 0 Å². The van der Waals surface area contributed by atoms with Crippen molar-refractivity contribution < 1.29 is 4.92 Å². The van der Waals surface area contributed by atoms with Crippen LogP contribution in [0, 0.1) is 38.2 Å². The molecular weight excluding hydrogens is 170 g/mol. The summed E-state index contributed by atoms with van der Waals surface area (Å²) in [6, 6.07) is 3.69. The van der Waals surface area contributed by atoms with Gasteiger partial charge in [-0.1, -0.05) is 6.08 Å². The van der Waals surface area contributed by atoms with Gasteiger partial charge in [-0.3, -0.25) is 10.1 Å². The Morgan fingerprint density at radius 1 is 1.62 bits per heavy atom. The summed E-state index contributed by atoms with van der Waals surface area (Å²) in [6.45, 7) is 3.09. The first-order valence-corrected chi connectivity index (χ1v) is 3.64. The van der Waals surface area contributed by atoms with Gasteiger partial charge in [0.25, 0.3) is 0 Å². The lowest BCUT2D eigenvalue weighted by Crippen LogP contribution is -2.19. The molecule has 0 amide bonds. The Balaban J connectivity index is 4.43. The van der Waals surface area contributed by atoms with E-state index in [1.54, 1.807) is 0 Å². The summed E-state index contributed by atoms with van der Waals surface area (Å²) in [4.78, 5) is 9.55. The predicted molar refractivity (Wildman–Crippen MR) is 45.0 cm³/mol. The van der Waals surface area contributed by atoms with Crippen molar-refractivity contribution in [1.82, 2.24) is 0 Å². The zero-order valence-corrected chi connectivity index (χ0v) is 7.06. The summed E-state index contributed by atoms with van der Waals surface area (Å²) in [7, 11) is 0. The van der Waals surface area contributed by atoms with Gasteiger partial charge in [0.05, 0.1) is 24.0 Å². The number of nitro groups is 1. The van der Waals surface area contributed by atoms with Crippen LogP contribution >= 0.6 is 0 Å².